The highest BCUT2D eigenvalue weighted by Gasteiger charge is 2.34. The van der Waals surface area contributed by atoms with Crippen LogP contribution in [-0.4, -0.2) is 64.5 Å². The molecular formula is C25H26F3N5O3. The molecular weight excluding hydrogens is 475 g/mol. The lowest BCUT2D eigenvalue weighted by Crippen LogP contribution is -2.49. The van der Waals surface area contributed by atoms with Gasteiger partial charge >= 0.3 is 12.1 Å². The van der Waals surface area contributed by atoms with Crippen molar-refractivity contribution in [3.05, 3.63) is 58.0 Å². The van der Waals surface area contributed by atoms with Crippen LogP contribution in [0.2, 0.25) is 0 Å². The van der Waals surface area contributed by atoms with Crippen LogP contribution in [-0.2, 0) is 10.9 Å². The van der Waals surface area contributed by atoms with Crippen LogP contribution in [0.3, 0.4) is 0 Å². The molecule has 11 heteroatoms. The van der Waals surface area contributed by atoms with Crippen molar-refractivity contribution in [3.63, 3.8) is 0 Å². The lowest BCUT2D eigenvalue weighted by Gasteiger charge is -2.36. The number of pyridine rings is 1. The zero-order chi connectivity index (χ0) is 26.2. The number of alkyl halides is 3. The zero-order valence-corrected chi connectivity index (χ0v) is 20.4. The van der Waals surface area contributed by atoms with E-state index in [1.807, 2.05) is 30.9 Å². The summed E-state index contributed by atoms with van der Waals surface area (Å²) < 4.78 is 44.0. The summed E-state index contributed by atoms with van der Waals surface area (Å²) in [5, 5.41) is 0. The number of hydrogen-bond acceptors (Lipinski definition) is 7. The first-order valence-corrected chi connectivity index (χ1v) is 11.5. The van der Waals surface area contributed by atoms with E-state index in [4.69, 9.17) is 9.72 Å². The number of anilines is 1. The molecule has 0 unspecified atom stereocenters. The Labute approximate surface area is 206 Å². The molecule has 0 atom stereocenters. The van der Waals surface area contributed by atoms with Crippen molar-refractivity contribution in [2.75, 3.05) is 37.7 Å². The predicted octanol–water partition coefficient (Wildman–Crippen LogP) is 4.11. The van der Waals surface area contributed by atoms with Crippen LogP contribution in [0.15, 0.2) is 24.3 Å². The van der Waals surface area contributed by atoms with Crippen LogP contribution in [0.25, 0.3) is 11.0 Å². The maximum atomic E-state index is 13.0. The van der Waals surface area contributed by atoms with E-state index in [-0.39, 0.29) is 36.6 Å². The number of hydrogen-bond donors (Lipinski definition) is 0. The molecule has 1 aromatic carbocycles. The number of fused-ring (bicyclic) bond motifs is 1. The van der Waals surface area contributed by atoms with Gasteiger partial charge in [-0.3, -0.25) is 4.79 Å². The number of esters is 1. The molecule has 0 bridgehead atoms. The second kappa shape index (κ2) is 9.71. The molecule has 3 aromatic rings. The molecule has 1 aliphatic heterocycles. The van der Waals surface area contributed by atoms with Gasteiger partial charge in [-0.15, -0.1) is 0 Å². The fourth-order valence-electron chi connectivity index (χ4n) is 4.10. The van der Waals surface area contributed by atoms with Crippen molar-refractivity contribution in [1.29, 1.82) is 0 Å². The Balaban J connectivity index is 1.58. The topological polar surface area (TPSA) is 88.5 Å². The number of benzene rings is 1. The lowest BCUT2D eigenvalue weighted by molar-refractivity contribution is -0.141. The van der Waals surface area contributed by atoms with Crippen molar-refractivity contribution in [2.24, 2.45) is 0 Å². The molecule has 3 heterocycles. The smallest absolute Gasteiger partial charge is 0.433 e. The first kappa shape index (κ1) is 25.3. The number of rotatable bonds is 4. The predicted molar refractivity (Wildman–Crippen MR) is 127 cm³/mol. The molecule has 4 rings (SSSR count). The monoisotopic (exact) mass is 501 g/mol. The molecule has 1 amide bonds. The minimum atomic E-state index is -4.58. The first-order valence-electron chi connectivity index (χ1n) is 11.5. The summed E-state index contributed by atoms with van der Waals surface area (Å²) in [5.41, 5.74) is 2.52. The zero-order valence-electron chi connectivity index (χ0n) is 20.4. The van der Waals surface area contributed by atoms with Gasteiger partial charge in [0.15, 0.2) is 11.5 Å². The number of ether oxygens (including phenoxy) is 1. The van der Waals surface area contributed by atoms with E-state index in [9.17, 15) is 22.8 Å². The van der Waals surface area contributed by atoms with E-state index in [1.165, 1.54) is 6.92 Å². The summed E-state index contributed by atoms with van der Waals surface area (Å²) >= 11 is 0. The van der Waals surface area contributed by atoms with Gasteiger partial charge in [0.25, 0.3) is 5.91 Å². The number of aryl methyl sites for hydroxylation is 3. The van der Waals surface area contributed by atoms with Crippen LogP contribution in [0.1, 0.15) is 50.3 Å². The first-order chi connectivity index (χ1) is 17.0. The standard InChI is InChI=1S/C25H26F3N5O3/c1-5-36-24(35)21-22(31-19-13-15(3)14(2)12-18(19)30-21)32-8-10-33(11-9-32)23(34)17-6-7-20(25(26,27)28)29-16(17)4/h6-7,12-13H,5,8-11H2,1-4H3. The van der Waals surface area contributed by atoms with Crippen LogP contribution < -0.4 is 4.90 Å². The van der Waals surface area contributed by atoms with Gasteiger partial charge in [0.2, 0.25) is 0 Å². The SMILES string of the molecule is CCOC(=O)c1nc2cc(C)c(C)cc2nc1N1CCN(C(=O)c2ccc(C(F)(F)F)nc2C)CC1. The number of carbonyl (C=O) groups excluding carboxylic acids is 2. The molecule has 36 heavy (non-hydrogen) atoms. The largest absolute Gasteiger partial charge is 0.461 e. The third-order valence-corrected chi connectivity index (χ3v) is 6.20. The summed E-state index contributed by atoms with van der Waals surface area (Å²) in [4.78, 5) is 42.0. The van der Waals surface area contributed by atoms with Crippen LogP contribution in [0.5, 0.6) is 0 Å². The second-order valence-corrected chi connectivity index (χ2v) is 8.65. The minimum Gasteiger partial charge on any atom is -0.461 e. The van der Waals surface area contributed by atoms with Crippen molar-refractivity contribution >= 4 is 28.7 Å². The molecule has 8 nitrogen and oxygen atoms in total. The number of amides is 1. The van der Waals surface area contributed by atoms with E-state index in [2.05, 4.69) is 9.97 Å². The van der Waals surface area contributed by atoms with Crippen molar-refractivity contribution < 1.29 is 27.5 Å². The molecule has 190 valence electrons. The van der Waals surface area contributed by atoms with Crippen molar-refractivity contribution in [2.45, 2.75) is 33.9 Å². The molecule has 1 fully saturated rings. The molecule has 1 aliphatic rings. The molecule has 0 saturated carbocycles. The Hall–Kier alpha value is -3.76. The van der Waals surface area contributed by atoms with E-state index in [0.29, 0.717) is 29.9 Å². The van der Waals surface area contributed by atoms with Crippen molar-refractivity contribution in [1.82, 2.24) is 19.9 Å². The van der Waals surface area contributed by atoms with E-state index in [0.717, 1.165) is 23.3 Å². The van der Waals surface area contributed by atoms with Gasteiger partial charge in [-0.1, -0.05) is 0 Å². The van der Waals surface area contributed by atoms with E-state index in [1.54, 1.807) is 11.8 Å². The summed E-state index contributed by atoms with van der Waals surface area (Å²) in [6.07, 6.45) is -4.58. The number of carbonyl (C=O) groups is 2. The van der Waals surface area contributed by atoms with Gasteiger partial charge in [-0.2, -0.15) is 13.2 Å². The molecule has 0 spiro atoms. The number of piperazine rings is 1. The highest BCUT2D eigenvalue weighted by Crippen LogP contribution is 2.29. The molecule has 1 saturated heterocycles. The van der Waals surface area contributed by atoms with E-state index < -0.39 is 23.7 Å². The van der Waals surface area contributed by atoms with Gasteiger partial charge < -0.3 is 14.5 Å². The molecule has 2 aromatic heterocycles. The normalized spacial score (nSPS) is 14.3. The number of halogens is 3. The maximum Gasteiger partial charge on any atom is 0.433 e. The number of nitrogens with zero attached hydrogens (tertiary/aromatic N) is 5. The van der Waals surface area contributed by atoms with Gasteiger partial charge in [-0.25, -0.2) is 19.7 Å². The van der Waals surface area contributed by atoms with Gasteiger partial charge in [-0.05, 0) is 63.1 Å². The van der Waals surface area contributed by atoms with Gasteiger partial charge in [0.05, 0.1) is 28.9 Å². The minimum absolute atomic E-state index is 0.0212. The second-order valence-electron chi connectivity index (χ2n) is 8.65. The highest BCUT2D eigenvalue weighted by molar-refractivity contribution is 5.97. The van der Waals surface area contributed by atoms with Crippen molar-refractivity contribution in [3.8, 4) is 0 Å². The van der Waals surface area contributed by atoms with Crippen LogP contribution in [0.4, 0.5) is 19.0 Å². The van der Waals surface area contributed by atoms with Gasteiger partial charge in [0, 0.05) is 26.2 Å². The maximum absolute atomic E-state index is 13.0. The highest BCUT2D eigenvalue weighted by atomic mass is 19.4. The number of aromatic nitrogens is 3. The average molecular weight is 502 g/mol. The summed E-state index contributed by atoms with van der Waals surface area (Å²) in [6.45, 7) is 8.50. The van der Waals surface area contributed by atoms with Crippen LogP contribution >= 0.6 is 0 Å². The third kappa shape index (κ3) is 4.95. The molecule has 0 aliphatic carbocycles. The fraction of sp³-hybridized carbons (Fsp3) is 0.400. The Bertz CT molecular complexity index is 1330. The Kier molecular flexibility index (Phi) is 6.83. The van der Waals surface area contributed by atoms with Gasteiger partial charge in [0.1, 0.15) is 5.69 Å². The summed E-state index contributed by atoms with van der Waals surface area (Å²) in [5.74, 6) is -0.594. The lowest BCUT2D eigenvalue weighted by atomic mass is 10.1. The quantitative estimate of drug-likeness (QED) is 0.497. The van der Waals surface area contributed by atoms with E-state index >= 15 is 0 Å². The van der Waals surface area contributed by atoms with Crippen LogP contribution in [0, 0.1) is 20.8 Å². The Morgan fingerprint density at radius 2 is 1.56 bits per heavy atom. The summed E-state index contributed by atoms with van der Waals surface area (Å²) in [6, 6.07) is 5.77. The third-order valence-electron chi connectivity index (χ3n) is 6.20. The molecule has 0 radical (unpaired) electrons. The molecule has 0 N–H and O–H groups in total. The summed E-state index contributed by atoms with van der Waals surface area (Å²) in [7, 11) is 0. The Morgan fingerprint density at radius 1 is 0.944 bits per heavy atom. The Morgan fingerprint density at radius 3 is 2.11 bits per heavy atom. The average Bonchev–Trinajstić information content (AvgIpc) is 2.83. The fourth-order valence-corrected chi connectivity index (χ4v) is 4.10.